The van der Waals surface area contributed by atoms with Crippen molar-refractivity contribution in [2.24, 2.45) is 4.99 Å². The van der Waals surface area contributed by atoms with Crippen molar-refractivity contribution in [1.29, 1.82) is 0 Å². The average Bonchev–Trinajstić information content (AvgIpc) is 3.14. The first-order chi connectivity index (χ1) is 15.8. The van der Waals surface area contributed by atoms with Crippen molar-refractivity contribution in [3.05, 3.63) is 18.0 Å². The Hall–Kier alpha value is -2.64. The Kier molecular flexibility index (Phi) is 5.79. The number of ether oxygens (including phenoxy) is 1. The van der Waals surface area contributed by atoms with Crippen LogP contribution in [0.2, 0.25) is 0 Å². The van der Waals surface area contributed by atoms with Gasteiger partial charge in [0.05, 0.1) is 17.8 Å². The molecular weight excluding hydrogens is 416 g/mol. The molecule has 5 rings (SSSR count). The highest BCUT2D eigenvalue weighted by Gasteiger charge is 2.38. The van der Waals surface area contributed by atoms with Crippen LogP contribution in [0.1, 0.15) is 84.3 Å². The first-order valence-corrected chi connectivity index (χ1v) is 12.5. The fraction of sp³-hybridized carbons (Fsp3) is 0.680. The molecule has 1 aliphatic heterocycles. The number of fused-ring (bicyclic) bond motifs is 4. The van der Waals surface area contributed by atoms with Gasteiger partial charge in [0, 0.05) is 29.9 Å². The number of amides is 1. The minimum absolute atomic E-state index is 0.0705. The third-order valence-electron chi connectivity index (χ3n) is 7.22. The lowest BCUT2D eigenvalue weighted by Gasteiger charge is -2.40. The molecule has 178 valence electrons. The van der Waals surface area contributed by atoms with Crippen molar-refractivity contribution in [3.8, 4) is 0 Å². The van der Waals surface area contributed by atoms with Gasteiger partial charge in [-0.25, -0.2) is 9.78 Å². The maximum Gasteiger partial charge on any atom is 0.407 e. The number of hydrogen-bond acceptors (Lipinski definition) is 6. The van der Waals surface area contributed by atoms with Gasteiger partial charge < -0.3 is 19.9 Å². The van der Waals surface area contributed by atoms with Crippen LogP contribution in [-0.4, -0.2) is 51.1 Å². The lowest BCUT2D eigenvalue weighted by atomic mass is 9.80. The van der Waals surface area contributed by atoms with E-state index in [0.717, 1.165) is 49.0 Å². The summed E-state index contributed by atoms with van der Waals surface area (Å²) in [4.78, 5) is 26.4. The van der Waals surface area contributed by atoms with Gasteiger partial charge in [0.15, 0.2) is 0 Å². The molecule has 8 heteroatoms. The predicted octanol–water partition coefficient (Wildman–Crippen LogP) is 4.77. The Morgan fingerprint density at radius 2 is 1.85 bits per heavy atom. The molecule has 2 aromatic heterocycles. The van der Waals surface area contributed by atoms with E-state index in [2.05, 4.69) is 26.3 Å². The fourth-order valence-corrected chi connectivity index (χ4v) is 5.68. The van der Waals surface area contributed by atoms with Crippen LogP contribution in [0.15, 0.2) is 17.3 Å². The monoisotopic (exact) mass is 452 g/mol. The lowest BCUT2D eigenvalue weighted by molar-refractivity contribution is 0.0492. The summed E-state index contributed by atoms with van der Waals surface area (Å²) in [5.74, 6) is 0.695. The topological polar surface area (TPSA) is 93.4 Å². The van der Waals surface area contributed by atoms with Crippen LogP contribution in [0.3, 0.4) is 0 Å². The van der Waals surface area contributed by atoms with E-state index in [1.807, 2.05) is 33.2 Å². The molecule has 1 amide bonds. The second kappa shape index (κ2) is 8.61. The third-order valence-corrected chi connectivity index (χ3v) is 7.22. The van der Waals surface area contributed by atoms with E-state index >= 15 is 0 Å². The van der Waals surface area contributed by atoms with E-state index < -0.39 is 5.60 Å². The van der Waals surface area contributed by atoms with Gasteiger partial charge in [-0.05, 0) is 65.4 Å². The molecule has 33 heavy (non-hydrogen) atoms. The molecule has 3 aliphatic rings. The number of rotatable bonds is 3. The summed E-state index contributed by atoms with van der Waals surface area (Å²) in [5, 5.41) is 7.65. The van der Waals surface area contributed by atoms with Crippen LogP contribution in [0.5, 0.6) is 0 Å². The molecule has 0 atom stereocenters. The van der Waals surface area contributed by atoms with Crippen molar-refractivity contribution < 1.29 is 9.53 Å². The first-order valence-electron chi connectivity index (χ1n) is 12.5. The summed E-state index contributed by atoms with van der Waals surface area (Å²) >= 11 is 0. The largest absolute Gasteiger partial charge is 0.444 e. The van der Waals surface area contributed by atoms with Gasteiger partial charge in [0.1, 0.15) is 11.2 Å². The minimum atomic E-state index is -0.473. The normalized spacial score (nSPS) is 24.5. The molecule has 2 aliphatic carbocycles. The summed E-state index contributed by atoms with van der Waals surface area (Å²) in [6.07, 6.45) is 13.5. The summed E-state index contributed by atoms with van der Waals surface area (Å²) < 4.78 is 7.84. The highest BCUT2D eigenvalue weighted by atomic mass is 16.6. The van der Waals surface area contributed by atoms with Crippen molar-refractivity contribution in [2.75, 3.05) is 11.9 Å². The molecule has 8 nitrogen and oxygen atoms in total. The number of hydrogen-bond donors (Lipinski definition) is 2. The van der Waals surface area contributed by atoms with E-state index in [9.17, 15) is 4.79 Å². The molecule has 0 unspecified atom stereocenters. The summed E-state index contributed by atoms with van der Waals surface area (Å²) in [7, 11) is 0. The van der Waals surface area contributed by atoms with Crippen molar-refractivity contribution in [2.45, 2.75) is 102 Å². The van der Waals surface area contributed by atoms with Gasteiger partial charge in [-0.1, -0.05) is 19.3 Å². The Labute approximate surface area is 195 Å². The first kappa shape index (κ1) is 22.2. The molecule has 0 bridgehead atoms. The van der Waals surface area contributed by atoms with E-state index in [-0.39, 0.29) is 17.7 Å². The number of anilines is 1. The molecule has 0 radical (unpaired) electrons. The highest BCUT2D eigenvalue weighted by molar-refractivity contribution is 5.90. The maximum atomic E-state index is 12.1. The number of carbonyl (C=O) groups is 1. The van der Waals surface area contributed by atoms with Crippen LogP contribution in [0.25, 0.3) is 11.0 Å². The van der Waals surface area contributed by atoms with Crippen LogP contribution < -0.4 is 10.6 Å². The fourth-order valence-electron chi connectivity index (χ4n) is 5.68. The van der Waals surface area contributed by atoms with Crippen molar-refractivity contribution >= 4 is 29.3 Å². The van der Waals surface area contributed by atoms with Crippen molar-refractivity contribution in [1.82, 2.24) is 19.9 Å². The molecule has 1 spiro atoms. The standard InChI is InChI=1S/C25H36N6O2/c1-24(2,3)33-23(32)29-19-9-7-18(8-10-19)28-22-27-14-17-13-20-15-26-16-25(11-5-4-6-12-25)31(20)21(17)30-22/h13-15,18-19H,4-12,16H2,1-3H3,(H,29,32)(H,27,28,30). The number of nitrogens with zero attached hydrogens (tertiary/aromatic N) is 4. The lowest BCUT2D eigenvalue weighted by Crippen LogP contribution is -2.42. The Morgan fingerprint density at radius 1 is 1.12 bits per heavy atom. The number of carbonyl (C=O) groups excluding carboxylic acids is 1. The zero-order valence-corrected chi connectivity index (χ0v) is 20.1. The molecule has 2 fully saturated rings. The Bertz CT molecular complexity index is 1040. The van der Waals surface area contributed by atoms with Gasteiger partial charge in [0.2, 0.25) is 5.95 Å². The van der Waals surface area contributed by atoms with Gasteiger partial charge in [-0.15, -0.1) is 0 Å². The molecular formula is C25H36N6O2. The molecule has 2 saturated carbocycles. The minimum Gasteiger partial charge on any atom is -0.444 e. The molecule has 0 saturated heterocycles. The highest BCUT2D eigenvalue weighted by Crippen LogP contribution is 2.40. The quantitative estimate of drug-likeness (QED) is 0.700. The average molecular weight is 453 g/mol. The Morgan fingerprint density at radius 3 is 2.58 bits per heavy atom. The number of nitrogens with one attached hydrogen (secondary N) is 2. The number of aliphatic imine (C=N–C) groups is 1. The van der Waals surface area contributed by atoms with E-state index in [1.165, 1.54) is 32.1 Å². The molecule has 0 aromatic carbocycles. The number of aromatic nitrogens is 3. The van der Waals surface area contributed by atoms with E-state index in [1.54, 1.807) is 0 Å². The maximum absolute atomic E-state index is 12.1. The molecule has 2 N–H and O–H groups in total. The zero-order chi connectivity index (χ0) is 23.1. The van der Waals surface area contributed by atoms with Gasteiger partial charge in [-0.3, -0.25) is 4.99 Å². The van der Waals surface area contributed by atoms with Crippen LogP contribution in [-0.2, 0) is 10.3 Å². The smallest absolute Gasteiger partial charge is 0.407 e. The van der Waals surface area contributed by atoms with Gasteiger partial charge >= 0.3 is 6.09 Å². The molecule has 2 aromatic rings. The van der Waals surface area contributed by atoms with Crippen LogP contribution >= 0.6 is 0 Å². The van der Waals surface area contributed by atoms with E-state index in [0.29, 0.717) is 12.0 Å². The van der Waals surface area contributed by atoms with Crippen molar-refractivity contribution in [3.63, 3.8) is 0 Å². The SMILES string of the molecule is CC(C)(C)OC(=O)NC1CCC(Nc2ncc3cc4n(c3n2)C2(CCCCC2)CN=C4)CC1. The van der Waals surface area contributed by atoms with E-state index in [4.69, 9.17) is 14.7 Å². The van der Waals surface area contributed by atoms with Crippen LogP contribution in [0.4, 0.5) is 10.7 Å². The third kappa shape index (κ3) is 4.70. The van der Waals surface area contributed by atoms with Crippen LogP contribution in [0, 0.1) is 0 Å². The summed E-state index contributed by atoms with van der Waals surface area (Å²) in [6, 6.07) is 2.63. The van der Waals surface area contributed by atoms with Gasteiger partial charge in [0.25, 0.3) is 0 Å². The zero-order valence-electron chi connectivity index (χ0n) is 20.1. The van der Waals surface area contributed by atoms with Gasteiger partial charge in [-0.2, -0.15) is 4.98 Å². The summed E-state index contributed by atoms with van der Waals surface area (Å²) in [6.45, 7) is 6.51. The Balaban J connectivity index is 1.26. The number of alkyl carbamates (subject to hydrolysis) is 1. The summed E-state index contributed by atoms with van der Waals surface area (Å²) in [5.41, 5.74) is 1.77. The second-order valence-corrected chi connectivity index (χ2v) is 11.0. The second-order valence-electron chi connectivity index (χ2n) is 11.0. The predicted molar refractivity (Wildman–Crippen MR) is 130 cm³/mol. The molecule has 3 heterocycles.